The van der Waals surface area contributed by atoms with E-state index in [2.05, 4.69) is 53.2 Å². The van der Waals surface area contributed by atoms with Gasteiger partial charge in [-0.1, -0.05) is 37.3 Å². The van der Waals surface area contributed by atoms with Gasteiger partial charge in [-0.15, -0.1) is 0 Å². The molecular formula is C27H32N4O2. The quantitative estimate of drug-likeness (QED) is 0.584. The SMILES string of the molecule is CC(c1ccccc1)c1nc2c3c(ccc2n1C1CC2CNCC2C1)N(C(=O)O)[C@@H](C)CC3. The lowest BCUT2D eigenvalue weighted by molar-refractivity contribution is 0.198. The molecule has 2 fully saturated rings. The number of hydrogen-bond acceptors (Lipinski definition) is 3. The number of imidazole rings is 1. The molecule has 0 spiro atoms. The van der Waals surface area contributed by atoms with Crippen molar-refractivity contribution in [1.82, 2.24) is 14.9 Å². The smallest absolute Gasteiger partial charge is 0.412 e. The lowest BCUT2D eigenvalue weighted by atomic mass is 9.95. The van der Waals surface area contributed by atoms with Crippen LogP contribution >= 0.6 is 0 Å². The first kappa shape index (κ1) is 20.7. The van der Waals surface area contributed by atoms with Gasteiger partial charge in [-0.2, -0.15) is 0 Å². The molecule has 3 heterocycles. The van der Waals surface area contributed by atoms with Gasteiger partial charge >= 0.3 is 6.09 Å². The van der Waals surface area contributed by atoms with E-state index in [1.807, 2.05) is 13.0 Å². The molecule has 1 amide bonds. The normalized spacial score (nSPS) is 27.5. The number of hydrogen-bond donors (Lipinski definition) is 2. The standard InChI is InChI=1S/C27H32N4O2/c1-16-8-9-22-23(30(16)27(32)33)10-11-24-25(22)29-26(17(2)18-6-4-3-5-7-18)31(24)21-12-19-14-28-15-20(19)13-21/h3-7,10-11,16-17,19-21,28H,8-9,12-15H2,1-2H3,(H,32,33)/t16-,17?,19?,20?,21?/m0/s1. The fourth-order valence-electron chi connectivity index (χ4n) is 6.63. The average Bonchev–Trinajstić information content (AvgIpc) is 3.51. The second-order valence-electron chi connectivity index (χ2n) is 10.2. The topological polar surface area (TPSA) is 70.4 Å². The summed E-state index contributed by atoms with van der Waals surface area (Å²) in [6.07, 6.45) is 3.19. The van der Waals surface area contributed by atoms with E-state index in [0.717, 1.165) is 60.4 Å². The lowest BCUT2D eigenvalue weighted by Crippen LogP contribution is -2.41. The lowest BCUT2D eigenvalue weighted by Gasteiger charge is -2.33. The van der Waals surface area contributed by atoms with Crippen LogP contribution in [0.15, 0.2) is 42.5 Å². The molecule has 2 N–H and O–H groups in total. The molecular weight excluding hydrogens is 412 g/mol. The number of anilines is 1. The molecule has 2 aliphatic heterocycles. The Morgan fingerprint density at radius 2 is 1.85 bits per heavy atom. The number of aryl methyl sites for hydroxylation is 1. The van der Waals surface area contributed by atoms with Gasteiger partial charge in [0.1, 0.15) is 5.82 Å². The summed E-state index contributed by atoms with van der Waals surface area (Å²) in [7, 11) is 0. The van der Waals surface area contributed by atoms with E-state index in [0.29, 0.717) is 6.04 Å². The molecule has 1 aromatic heterocycles. The Labute approximate surface area is 194 Å². The number of fused-ring (bicyclic) bond motifs is 4. The first-order valence-corrected chi connectivity index (χ1v) is 12.3. The largest absolute Gasteiger partial charge is 0.465 e. The van der Waals surface area contributed by atoms with Crippen molar-refractivity contribution in [3.8, 4) is 0 Å². The molecule has 2 aromatic carbocycles. The predicted octanol–water partition coefficient (Wildman–Crippen LogP) is 5.18. The number of aromatic nitrogens is 2. The summed E-state index contributed by atoms with van der Waals surface area (Å²) < 4.78 is 2.52. The van der Waals surface area contributed by atoms with Crippen LogP contribution < -0.4 is 10.2 Å². The summed E-state index contributed by atoms with van der Waals surface area (Å²) in [5.41, 5.74) is 5.34. The Bertz CT molecular complexity index is 1190. The molecule has 6 heteroatoms. The Morgan fingerprint density at radius 3 is 2.55 bits per heavy atom. The van der Waals surface area contributed by atoms with Gasteiger partial charge in [0.25, 0.3) is 0 Å². The zero-order valence-electron chi connectivity index (χ0n) is 19.4. The molecule has 3 aliphatic rings. The van der Waals surface area contributed by atoms with Crippen LogP contribution in [-0.2, 0) is 6.42 Å². The molecule has 4 atom stereocenters. The van der Waals surface area contributed by atoms with Gasteiger partial charge in [0.05, 0.1) is 16.7 Å². The summed E-state index contributed by atoms with van der Waals surface area (Å²) >= 11 is 0. The van der Waals surface area contributed by atoms with Crippen molar-refractivity contribution >= 4 is 22.8 Å². The molecule has 6 nitrogen and oxygen atoms in total. The number of carboxylic acid groups (broad SMARTS) is 1. The van der Waals surface area contributed by atoms with Crippen molar-refractivity contribution in [2.45, 2.75) is 57.5 Å². The van der Waals surface area contributed by atoms with Gasteiger partial charge in [0.2, 0.25) is 0 Å². The fourth-order valence-corrected chi connectivity index (χ4v) is 6.63. The van der Waals surface area contributed by atoms with Crippen LogP contribution in [0, 0.1) is 11.8 Å². The van der Waals surface area contributed by atoms with Gasteiger partial charge < -0.3 is 15.0 Å². The van der Waals surface area contributed by atoms with Gasteiger partial charge in [0.15, 0.2) is 0 Å². The van der Waals surface area contributed by atoms with Crippen molar-refractivity contribution in [2.24, 2.45) is 11.8 Å². The molecule has 6 rings (SSSR count). The molecule has 0 bridgehead atoms. The van der Waals surface area contributed by atoms with Crippen LogP contribution in [0.25, 0.3) is 11.0 Å². The van der Waals surface area contributed by atoms with Crippen LogP contribution in [0.2, 0.25) is 0 Å². The summed E-state index contributed by atoms with van der Waals surface area (Å²) in [5, 5.41) is 13.4. The zero-order valence-corrected chi connectivity index (χ0v) is 19.4. The fraction of sp³-hybridized carbons (Fsp3) is 0.481. The highest BCUT2D eigenvalue weighted by Gasteiger charge is 2.40. The van der Waals surface area contributed by atoms with Gasteiger partial charge in [-0.05, 0) is 75.2 Å². The van der Waals surface area contributed by atoms with Crippen LogP contribution in [-0.4, -0.2) is 39.9 Å². The van der Waals surface area contributed by atoms with Crippen LogP contribution in [0.5, 0.6) is 0 Å². The third-order valence-corrected chi connectivity index (χ3v) is 8.37. The van der Waals surface area contributed by atoms with Crippen molar-refractivity contribution in [3.63, 3.8) is 0 Å². The number of nitrogens with one attached hydrogen (secondary N) is 1. The van der Waals surface area contributed by atoms with Gasteiger partial charge in [0, 0.05) is 23.6 Å². The second kappa shape index (κ2) is 7.87. The number of rotatable bonds is 3. The van der Waals surface area contributed by atoms with Gasteiger partial charge in [-0.25, -0.2) is 9.78 Å². The Morgan fingerprint density at radius 1 is 1.12 bits per heavy atom. The van der Waals surface area contributed by atoms with Crippen LogP contribution in [0.4, 0.5) is 10.5 Å². The average molecular weight is 445 g/mol. The highest BCUT2D eigenvalue weighted by atomic mass is 16.4. The molecule has 1 aliphatic carbocycles. The minimum atomic E-state index is -0.878. The van der Waals surface area contributed by atoms with Gasteiger partial charge in [-0.3, -0.25) is 4.90 Å². The Kier molecular flexibility index (Phi) is 4.94. The minimum absolute atomic E-state index is 0.0149. The molecule has 172 valence electrons. The molecule has 33 heavy (non-hydrogen) atoms. The maximum Gasteiger partial charge on any atom is 0.412 e. The summed E-state index contributed by atoms with van der Waals surface area (Å²) in [5.74, 6) is 2.77. The maximum atomic E-state index is 12.0. The van der Waals surface area contributed by atoms with E-state index >= 15 is 0 Å². The maximum absolute atomic E-state index is 12.0. The molecule has 1 saturated carbocycles. The first-order valence-electron chi connectivity index (χ1n) is 12.3. The molecule has 3 unspecified atom stereocenters. The van der Waals surface area contributed by atoms with Crippen molar-refractivity contribution in [2.75, 3.05) is 18.0 Å². The van der Waals surface area contributed by atoms with E-state index in [1.54, 1.807) is 0 Å². The first-order chi connectivity index (χ1) is 16.0. The van der Waals surface area contributed by atoms with Crippen molar-refractivity contribution < 1.29 is 9.90 Å². The number of benzene rings is 2. The predicted molar refractivity (Wildman–Crippen MR) is 130 cm³/mol. The van der Waals surface area contributed by atoms with Crippen LogP contribution in [0.3, 0.4) is 0 Å². The van der Waals surface area contributed by atoms with Crippen molar-refractivity contribution in [3.05, 3.63) is 59.4 Å². The Balaban J connectivity index is 1.53. The molecule has 1 saturated heterocycles. The van der Waals surface area contributed by atoms with E-state index in [-0.39, 0.29) is 12.0 Å². The summed E-state index contributed by atoms with van der Waals surface area (Å²) in [6, 6.07) is 15.2. The minimum Gasteiger partial charge on any atom is -0.465 e. The second-order valence-corrected chi connectivity index (χ2v) is 10.2. The van der Waals surface area contributed by atoms with Crippen LogP contribution in [0.1, 0.15) is 62.0 Å². The van der Waals surface area contributed by atoms with Crippen molar-refractivity contribution in [1.29, 1.82) is 0 Å². The third kappa shape index (κ3) is 3.26. The monoisotopic (exact) mass is 444 g/mol. The van der Waals surface area contributed by atoms with E-state index in [9.17, 15) is 9.90 Å². The van der Waals surface area contributed by atoms with E-state index in [4.69, 9.17) is 4.98 Å². The number of amides is 1. The summed E-state index contributed by atoms with van der Waals surface area (Å²) in [4.78, 5) is 18.9. The Hall–Kier alpha value is -2.86. The highest BCUT2D eigenvalue weighted by molar-refractivity contribution is 5.94. The zero-order chi connectivity index (χ0) is 22.7. The number of nitrogens with zero attached hydrogens (tertiary/aromatic N) is 3. The third-order valence-electron chi connectivity index (χ3n) is 8.37. The molecule has 0 radical (unpaired) electrons. The van der Waals surface area contributed by atoms with E-state index < -0.39 is 6.09 Å². The molecule has 3 aromatic rings. The summed E-state index contributed by atoms with van der Waals surface area (Å²) in [6.45, 7) is 6.49. The van der Waals surface area contributed by atoms with E-state index in [1.165, 1.54) is 28.8 Å². The number of carbonyl (C=O) groups is 1. The highest BCUT2D eigenvalue weighted by Crippen LogP contribution is 2.46.